The van der Waals surface area contributed by atoms with E-state index in [2.05, 4.69) is 54.2 Å². The minimum atomic E-state index is 0.633. The molecule has 0 bridgehead atoms. The number of halogens is 1. The van der Waals surface area contributed by atoms with E-state index in [9.17, 15) is 0 Å². The molecule has 15 heavy (non-hydrogen) atoms. The Balaban J connectivity index is 2.32. The van der Waals surface area contributed by atoms with Gasteiger partial charge in [0.1, 0.15) is 0 Å². The molecule has 0 saturated heterocycles. The van der Waals surface area contributed by atoms with Crippen LogP contribution in [0.15, 0.2) is 15.9 Å². The first-order valence-electron chi connectivity index (χ1n) is 5.59. The fourth-order valence-electron chi connectivity index (χ4n) is 1.92. The van der Waals surface area contributed by atoms with Crippen LogP contribution in [0.25, 0.3) is 0 Å². The Hall–Kier alpha value is 0.140. The maximum Gasteiger partial charge on any atom is 0.0701 e. The third-order valence-corrected chi connectivity index (χ3v) is 4.13. The molecule has 0 fully saturated rings. The summed E-state index contributed by atoms with van der Waals surface area (Å²) < 4.78 is 1.24. The maximum absolute atomic E-state index is 3.50. The minimum absolute atomic E-state index is 0.633. The van der Waals surface area contributed by atoms with E-state index < -0.39 is 0 Å². The predicted octanol–water partition coefficient (Wildman–Crippen LogP) is 4.08. The van der Waals surface area contributed by atoms with Gasteiger partial charge in [-0.2, -0.15) is 0 Å². The van der Waals surface area contributed by atoms with Crippen LogP contribution in [0.4, 0.5) is 0 Å². The molecule has 0 aliphatic rings. The van der Waals surface area contributed by atoms with Gasteiger partial charge in [0, 0.05) is 10.9 Å². The lowest BCUT2D eigenvalue weighted by Gasteiger charge is -2.17. The average Bonchev–Trinajstić information content (AvgIpc) is 2.51. The Labute approximate surface area is 105 Å². The highest BCUT2D eigenvalue weighted by molar-refractivity contribution is 9.11. The van der Waals surface area contributed by atoms with E-state index in [0.29, 0.717) is 6.04 Å². The van der Waals surface area contributed by atoms with Crippen LogP contribution in [0.5, 0.6) is 0 Å². The molecular weight excluding hydrogens is 270 g/mol. The molecule has 1 heterocycles. The molecule has 1 aromatic rings. The summed E-state index contributed by atoms with van der Waals surface area (Å²) >= 11 is 5.36. The van der Waals surface area contributed by atoms with E-state index in [0.717, 1.165) is 12.5 Å². The fourth-order valence-corrected chi connectivity index (χ4v) is 3.57. The molecular formula is C12H20BrNS. The molecule has 2 atom stereocenters. The average molecular weight is 290 g/mol. The van der Waals surface area contributed by atoms with Crippen molar-refractivity contribution in [2.45, 2.75) is 39.7 Å². The Kier molecular flexibility index (Phi) is 5.87. The highest BCUT2D eigenvalue weighted by Crippen LogP contribution is 2.25. The normalized spacial score (nSPS) is 15.2. The fraction of sp³-hybridized carbons (Fsp3) is 0.667. The van der Waals surface area contributed by atoms with Crippen molar-refractivity contribution < 1.29 is 0 Å². The number of rotatable bonds is 6. The van der Waals surface area contributed by atoms with Crippen LogP contribution >= 0.6 is 27.3 Å². The quantitative estimate of drug-likeness (QED) is 0.832. The first-order valence-corrected chi connectivity index (χ1v) is 7.20. The zero-order valence-corrected chi connectivity index (χ0v) is 12.1. The van der Waals surface area contributed by atoms with Crippen LogP contribution in [-0.4, -0.2) is 12.6 Å². The smallest absolute Gasteiger partial charge is 0.0701 e. The summed E-state index contributed by atoms with van der Waals surface area (Å²) in [5, 5.41) is 3.46. The Morgan fingerprint density at radius 3 is 2.67 bits per heavy atom. The van der Waals surface area contributed by atoms with E-state index in [-0.39, 0.29) is 0 Å². The lowest BCUT2D eigenvalue weighted by Crippen LogP contribution is -2.27. The summed E-state index contributed by atoms with van der Waals surface area (Å²) in [4.78, 5) is 1.48. The molecule has 2 unspecified atom stereocenters. The van der Waals surface area contributed by atoms with E-state index >= 15 is 0 Å². The van der Waals surface area contributed by atoms with E-state index in [1.165, 1.54) is 21.5 Å². The molecule has 3 heteroatoms. The van der Waals surface area contributed by atoms with Crippen molar-refractivity contribution in [3.63, 3.8) is 0 Å². The van der Waals surface area contributed by atoms with Crippen molar-refractivity contribution in [1.82, 2.24) is 5.32 Å². The molecule has 1 N–H and O–H groups in total. The van der Waals surface area contributed by atoms with Crippen LogP contribution < -0.4 is 5.32 Å². The molecule has 0 aliphatic carbocycles. The molecule has 86 valence electrons. The van der Waals surface area contributed by atoms with Gasteiger partial charge in [-0.05, 0) is 60.3 Å². The molecule has 0 amide bonds. The second-order valence-electron chi connectivity index (χ2n) is 4.21. The van der Waals surface area contributed by atoms with Crippen molar-refractivity contribution in [3.05, 3.63) is 20.8 Å². The Bertz CT molecular complexity index is 285. The van der Waals surface area contributed by atoms with Crippen molar-refractivity contribution in [3.8, 4) is 0 Å². The summed E-state index contributed by atoms with van der Waals surface area (Å²) in [6, 6.07) is 5.00. The molecule has 0 aliphatic heterocycles. The van der Waals surface area contributed by atoms with Crippen molar-refractivity contribution in [2.24, 2.45) is 5.92 Å². The standard InChI is InChI=1S/C12H20BrNS/c1-4-14-10(3)7-9(2)8-11-5-6-12(13)15-11/h5-6,9-10,14H,4,7-8H2,1-3H3. The second kappa shape index (κ2) is 6.66. The lowest BCUT2D eigenvalue weighted by atomic mass is 9.98. The molecule has 0 saturated carbocycles. The largest absolute Gasteiger partial charge is 0.315 e. The van der Waals surface area contributed by atoms with E-state index in [1.807, 2.05) is 11.3 Å². The van der Waals surface area contributed by atoms with Crippen molar-refractivity contribution in [2.75, 3.05) is 6.54 Å². The topological polar surface area (TPSA) is 12.0 Å². The summed E-state index contributed by atoms with van der Waals surface area (Å²) in [6.45, 7) is 7.84. The monoisotopic (exact) mass is 289 g/mol. The van der Waals surface area contributed by atoms with Crippen LogP contribution in [0.1, 0.15) is 32.1 Å². The number of hydrogen-bond acceptors (Lipinski definition) is 2. The van der Waals surface area contributed by atoms with Gasteiger partial charge in [0.2, 0.25) is 0 Å². The van der Waals surface area contributed by atoms with Gasteiger partial charge in [-0.15, -0.1) is 11.3 Å². The van der Waals surface area contributed by atoms with Crippen LogP contribution in [-0.2, 0) is 6.42 Å². The predicted molar refractivity (Wildman–Crippen MR) is 72.6 cm³/mol. The van der Waals surface area contributed by atoms with Gasteiger partial charge in [0.25, 0.3) is 0 Å². The first-order chi connectivity index (χ1) is 7.11. The van der Waals surface area contributed by atoms with Crippen molar-refractivity contribution in [1.29, 1.82) is 0 Å². The lowest BCUT2D eigenvalue weighted by molar-refractivity contribution is 0.428. The van der Waals surface area contributed by atoms with E-state index in [1.54, 1.807) is 0 Å². The van der Waals surface area contributed by atoms with E-state index in [4.69, 9.17) is 0 Å². The van der Waals surface area contributed by atoms with Gasteiger partial charge in [-0.1, -0.05) is 13.8 Å². The van der Waals surface area contributed by atoms with Gasteiger partial charge in [0.05, 0.1) is 3.79 Å². The number of hydrogen-bond donors (Lipinski definition) is 1. The van der Waals surface area contributed by atoms with Gasteiger partial charge >= 0.3 is 0 Å². The van der Waals surface area contributed by atoms with Crippen molar-refractivity contribution >= 4 is 27.3 Å². The second-order valence-corrected chi connectivity index (χ2v) is 6.76. The molecule has 0 radical (unpaired) electrons. The summed E-state index contributed by atoms with van der Waals surface area (Å²) in [5.74, 6) is 0.754. The van der Waals surface area contributed by atoms with Crippen LogP contribution in [0, 0.1) is 5.92 Å². The molecule has 0 spiro atoms. The first kappa shape index (κ1) is 13.2. The summed E-state index contributed by atoms with van der Waals surface area (Å²) in [6.07, 6.45) is 2.45. The third-order valence-electron chi connectivity index (χ3n) is 2.49. The van der Waals surface area contributed by atoms with Crippen LogP contribution in [0.3, 0.4) is 0 Å². The van der Waals surface area contributed by atoms with Gasteiger partial charge in [-0.3, -0.25) is 0 Å². The Morgan fingerprint density at radius 2 is 2.13 bits per heavy atom. The van der Waals surface area contributed by atoms with Crippen LogP contribution in [0.2, 0.25) is 0 Å². The van der Waals surface area contributed by atoms with Gasteiger partial charge < -0.3 is 5.32 Å². The SMILES string of the molecule is CCNC(C)CC(C)Cc1ccc(Br)s1. The third kappa shape index (κ3) is 5.14. The highest BCUT2D eigenvalue weighted by Gasteiger charge is 2.09. The maximum atomic E-state index is 3.50. The molecule has 0 aromatic carbocycles. The number of nitrogens with one attached hydrogen (secondary N) is 1. The molecule has 1 rings (SSSR count). The molecule has 1 aromatic heterocycles. The highest BCUT2D eigenvalue weighted by atomic mass is 79.9. The summed E-state index contributed by atoms with van der Waals surface area (Å²) in [5.41, 5.74) is 0. The zero-order chi connectivity index (χ0) is 11.3. The van der Waals surface area contributed by atoms with Gasteiger partial charge in [0.15, 0.2) is 0 Å². The van der Waals surface area contributed by atoms with Gasteiger partial charge in [-0.25, -0.2) is 0 Å². The Morgan fingerprint density at radius 1 is 1.40 bits per heavy atom. The number of thiophene rings is 1. The molecule has 1 nitrogen and oxygen atoms in total. The summed E-state index contributed by atoms with van der Waals surface area (Å²) in [7, 11) is 0. The minimum Gasteiger partial charge on any atom is -0.315 e. The zero-order valence-electron chi connectivity index (χ0n) is 9.72.